The average molecular weight is 251 g/mol. The Hall–Kier alpha value is -2.04. The van der Waals surface area contributed by atoms with Crippen LogP contribution in [0.15, 0.2) is 18.2 Å². The molecule has 2 N–H and O–H groups in total. The summed E-state index contributed by atoms with van der Waals surface area (Å²) < 4.78 is 10.2. The van der Waals surface area contributed by atoms with E-state index in [1.807, 2.05) is 0 Å². The average Bonchev–Trinajstić information content (AvgIpc) is 2.35. The number of benzene rings is 1. The molecule has 1 aromatic rings. The Morgan fingerprint density at radius 3 is 2.83 bits per heavy atom. The highest BCUT2D eigenvalue weighted by atomic mass is 16.5. The van der Waals surface area contributed by atoms with Gasteiger partial charge in [-0.05, 0) is 25.5 Å². The van der Waals surface area contributed by atoms with E-state index < -0.39 is 0 Å². The lowest BCUT2D eigenvalue weighted by molar-refractivity contribution is -0.143. The van der Waals surface area contributed by atoms with E-state index in [2.05, 4.69) is 0 Å². The first kappa shape index (κ1) is 14.0. The number of hydrogen-bond acceptors (Lipinski definition) is 5. The Balaban J connectivity index is 2.33. The van der Waals surface area contributed by atoms with E-state index in [-0.39, 0.29) is 5.97 Å². The molecule has 0 fully saturated rings. The number of nitrogens with two attached hydrogens (primary N) is 1. The minimum Gasteiger partial charge on any atom is -0.494 e. The van der Waals surface area contributed by atoms with E-state index in [0.717, 1.165) is 0 Å². The molecule has 0 aliphatic carbocycles. The number of hydrogen-bond donors (Lipinski definition) is 1. The molecule has 0 atom stereocenters. The SMILES string of the molecule is CCOC(=O)CCCOc1ccc(C=O)c(N)c1. The van der Waals surface area contributed by atoms with Crippen molar-refractivity contribution >= 4 is 17.9 Å². The van der Waals surface area contributed by atoms with Gasteiger partial charge in [-0.15, -0.1) is 0 Å². The first-order valence-electron chi connectivity index (χ1n) is 5.80. The van der Waals surface area contributed by atoms with E-state index >= 15 is 0 Å². The van der Waals surface area contributed by atoms with E-state index in [0.29, 0.717) is 49.3 Å². The Morgan fingerprint density at radius 1 is 1.44 bits per heavy atom. The zero-order chi connectivity index (χ0) is 13.4. The van der Waals surface area contributed by atoms with Gasteiger partial charge >= 0.3 is 5.97 Å². The predicted octanol–water partition coefficient (Wildman–Crippen LogP) is 1.80. The molecule has 5 heteroatoms. The second-order valence-corrected chi connectivity index (χ2v) is 3.67. The monoisotopic (exact) mass is 251 g/mol. The molecule has 0 bridgehead atoms. The van der Waals surface area contributed by atoms with Crippen LogP contribution in [0.3, 0.4) is 0 Å². The van der Waals surface area contributed by atoms with Gasteiger partial charge in [0.25, 0.3) is 0 Å². The highest BCUT2D eigenvalue weighted by molar-refractivity contribution is 5.83. The van der Waals surface area contributed by atoms with Crippen LogP contribution in [-0.4, -0.2) is 25.5 Å². The van der Waals surface area contributed by atoms with Crippen LogP contribution >= 0.6 is 0 Å². The van der Waals surface area contributed by atoms with Gasteiger partial charge < -0.3 is 15.2 Å². The third kappa shape index (κ3) is 4.45. The Bertz CT molecular complexity index is 417. The summed E-state index contributed by atoms with van der Waals surface area (Å²) in [5.74, 6) is 0.360. The molecule has 0 spiro atoms. The summed E-state index contributed by atoms with van der Waals surface area (Å²) in [7, 11) is 0. The van der Waals surface area contributed by atoms with Crippen LogP contribution in [0.25, 0.3) is 0 Å². The number of nitrogen functional groups attached to an aromatic ring is 1. The van der Waals surface area contributed by atoms with Gasteiger partial charge in [-0.3, -0.25) is 9.59 Å². The molecular formula is C13H17NO4. The van der Waals surface area contributed by atoms with Crippen molar-refractivity contribution < 1.29 is 19.1 Å². The molecule has 18 heavy (non-hydrogen) atoms. The van der Waals surface area contributed by atoms with Gasteiger partial charge in [-0.2, -0.15) is 0 Å². The highest BCUT2D eigenvalue weighted by Gasteiger charge is 2.03. The molecule has 98 valence electrons. The van der Waals surface area contributed by atoms with Crippen molar-refractivity contribution in [1.29, 1.82) is 0 Å². The van der Waals surface area contributed by atoms with Gasteiger partial charge in [0.05, 0.1) is 13.2 Å². The van der Waals surface area contributed by atoms with Gasteiger partial charge in [0, 0.05) is 23.7 Å². The van der Waals surface area contributed by atoms with Crippen LogP contribution in [-0.2, 0) is 9.53 Å². The molecule has 5 nitrogen and oxygen atoms in total. The quantitative estimate of drug-likeness (QED) is 0.346. The molecule has 0 aliphatic heterocycles. The molecular weight excluding hydrogens is 234 g/mol. The number of aldehydes is 1. The summed E-state index contributed by atoms with van der Waals surface area (Å²) in [5, 5.41) is 0. The number of ether oxygens (including phenoxy) is 2. The van der Waals surface area contributed by atoms with E-state index in [1.165, 1.54) is 0 Å². The zero-order valence-corrected chi connectivity index (χ0v) is 10.3. The van der Waals surface area contributed by atoms with Crippen LogP contribution in [0.4, 0.5) is 5.69 Å². The van der Waals surface area contributed by atoms with Crippen molar-refractivity contribution in [2.75, 3.05) is 18.9 Å². The largest absolute Gasteiger partial charge is 0.494 e. The van der Waals surface area contributed by atoms with Crippen LogP contribution in [0.5, 0.6) is 5.75 Å². The molecule has 1 rings (SSSR count). The van der Waals surface area contributed by atoms with Crippen LogP contribution in [0.1, 0.15) is 30.1 Å². The summed E-state index contributed by atoms with van der Waals surface area (Å²) >= 11 is 0. The maximum atomic E-state index is 11.1. The third-order valence-corrected chi connectivity index (χ3v) is 2.28. The summed E-state index contributed by atoms with van der Waals surface area (Å²) in [5.41, 5.74) is 6.46. The Morgan fingerprint density at radius 2 is 2.22 bits per heavy atom. The summed E-state index contributed by atoms with van der Waals surface area (Å²) in [4.78, 5) is 21.6. The summed E-state index contributed by atoms with van der Waals surface area (Å²) in [6.07, 6.45) is 1.60. The first-order chi connectivity index (χ1) is 8.67. The van der Waals surface area contributed by atoms with Crippen LogP contribution < -0.4 is 10.5 Å². The lowest BCUT2D eigenvalue weighted by Gasteiger charge is -2.07. The fourth-order valence-electron chi connectivity index (χ4n) is 1.39. The molecule has 0 saturated carbocycles. The smallest absolute Gasteiger partial charge is 0.305 e. The first-order valence-corrected chi connectivity index (χ1v) is 5.80. The number of carbonyl (C=O) groups excluding carboxylic acids is 2. The lowest BCUT2D eigenvalue weighted by atomic mass is 10.2. The summed E-state index contributed by atoms with van der Waals surface area (Å²) in [6, 6.07) is 4.86. The van der Waals surface area contributed by atoms with Gasteiger partial charge in [-0.1, -0.05) is 0 Å². The van der Waals surface area contributed by atoms with Gasteiger partial charge in [0.1, 0.15) is 5.75 Å². The van der Waals surface area contributed by atoms with E-state index in [4.69, 9.17) is 15.2 Å². The van der Waals surface area contributed by atoms with E-state index in [1.54, 1.807) is 25.1 Å². The summed E-state index contributed by atoms with van der Waals surface area (Å²) in [6.45, 7) is 2.56. The number of esters is 1. The second-order valence-electron chi connectivity index (χ2n) is 3.67. The fraction of sp³-hybridized carbons (Fsp3) is 0.385. The third-order valence-electron chi connectivity index (χ3n) is 2.28. The van der Waals surface area contributed by atoms with Gasteiger partial charge in [-0.25, -0.2) is 0 Å². The maximum absolute atomic E-state index is 11.1. The molecule has 0 unspecified atom stereocenters. The van der Waals surface area contributed by atoms with Gasteiger partial charge in [0.2, 0.25) is 0 Å². The molecule has 0 heterocycles. The molecule has 0 saturated heterocycles. The topological polar surface area (TPSA) is 78.6 Å². The van der Waals surface area contributed by atoms with Crippen molar-refractivity contribution in [3.8, 4) is 5.75 Å². The van der Waals surface area contributed by atoms with Crippen molar-refractivity contribution in [2.45, 2.75) is 19.8 Å². The van der Waals surface area contributed by atoms with Crippen molar-refractivity contribution in [1.82, 2.24) is 0 Å². The minimum absolute atomic E-state index is 0.225. The predicted molar refractivity (Wildman–Crippen MR) is 67.6 cm³/mol. The molecule has 0 radical (unpaired) electrons. The number of rotatable bonds is 7. The second kappa shape index (κ2) is 7.32. The van der Waals surface area contributed by atoms with E-state index in [9.17, 15) is 9.59 Å². The fourth-order valence-corrected chi connectivity index (χ4v) is 1.39. The number of carbonyl (C=O) groups is 2. The lowest BCUT2D eigenvalue weighted by Crippen LogP contribution is -2.07. The van der Waals surface area contributed by atoms with Crippen LogP contribution in [0.2, 0.25) is 0 Å². The zero-order valence-electron chi connectivity index (χ0n) is 10.3. The van der Waals surface area contributed by atoms with Crippen LogP contribution in [0, 0.1) is 0 Å². The number of anilines is 1. The maximum Gasteiger partial charge on any atom is 0.305 e. The van der Waals surface area contributed by atoms with Crippen molar-refractivity contribution in [3.63, 3.8) is 0 Å². The standard InChI is InChI=1S/C13H17NO4/c1-2-17-13(16)4-3-7-18-11-6-5-10(9-15)12(14)8-11/h5-6,8-9H,2-4,7,14H2,1H3. The minimum atomic E-state index is -0.225. The molecule has 0 amide bonds. The molecule has 0 aromatic heterocycles. The van der Waals surface area contributed by atoms with Crippen molar-refractivity contribution in [2.24, 2.45) is 0 Å². The van der Waals surface area contributed by atoms with Crippen molar-refractivity contribution in [3.05, 3.63) is 23.8 Å². The Labute approximate surface area is 106 Å². The normalized spacial score (nSPS) is 9.83. The highest BCUT2D eigenvalue weighted by Crippen LogP contribution is 2.18. The molecule has 0 aliphatic rings. The Kier molecular flexibility index (Phi) is 5.70. The van der Waals surface area contributed by atoms with Gasteiger partial charge in [0.15, 0.2) is 6.29 Å². The molecule has 1 aromatic carbocycles.